The van der Waals surface area contributed by atoms with Crippen LogP contribution >= 0.6 is 0 Å². The molecule has 0 saturated heterocycles. The fraction of sp³-hybridized carbons (Fsp3) is 1.00. The topological polar surface area (TPSA) is 26.0 Å². The molecular weight excluding hydrogens is 150 g/mol. The molecule has 0 aromatic heterocycles. The van der Waals surface area contributed by atoms with E-state index in [0.717, 1.165) is 0 Å². The SMILES string of the molecule is CC(C)(C)[Si](C)(N)C(C)(C)C. The molecule has 0 atom stereocenters. The highest BCUT2D eigenvalue weighted by Gasteiger charge is 2.45. The largest absolute Gasteiger partial charge is 0.350 e. The molecule has 0 spiro atoms. The monoisotopic (exact) mass is 173 g/mol. The van der Waals surface area contributed by atoms with Crippen molar-refractivity contribution in [2.45, 2.75) is 58.2 Å². The molecule has 0 aromatic rings. The van der Waals surface area contributed by atoms with Crippen molar-refractivity contribution >= 4 is 8.24 Å². The van der Waals surface area contributed by atoms with Gasteiger partial charge in [-0.3, -0.25) is 0 Å². The highest BCUT2D eigenvalue weighted by Crippen LogP contribution is 2.47. The van der Waals surface area contributed by atoms with Gasteiger partial charge in [0.2, 0.25) is 0 Å². The third-order valence-electron chi connectivity index (χ3n) is 3.12. The Bertz CT molecular complexity index is 121. The van der Waals surface area contributed by atoms with Gasteiger partial charge in [0, 0.05) is 0 Å². The van der Waals surface area contributed by atoms with Crippen LogP contribution in [0, 0.1) is 0 Å². The molecule has 0 aliphatic carbocycles. The smallest absolute Gasteiger partial charge is 0.130 e. The van der Waals surface area contributed by atoms with Crippen LogP contribution in [0.1, 0.15) is 41.5 Å². The van der Waals surface area contributed by atoms with Crippen LogP contribution in [0.3, 0.4) is 0 Å². The van der Waals surface area contributed by atoms with E-state index in [2.05, 4.69) is 48.1 Å². The van der Waals surface area contributed by atoms with Gasteiger partial charge in [-0.25, -0.2) is 0 Å². The van der Waals surface area contributed by atoms with Crippen molar-refractivity contribution in [3.8, 4) is 0 Å². The minimum atomic E-state index is -1.61. The predicted molar refractivity (Wildman–Crippen MR) is 55.2 cm³/mol. The van der Waals surface area contributed by atoms with Crippen LogP contribution < -0.4 is 5.40 Å². The van der Waals surface area contributed by atoms with Gasteiger partial charge in [-0.1, -0.05) is 48.1 Å². The average molecular weight is 173 g/mol. The van der Waals surface area contributed by atoms with E-state index in [1.165, 1.54) is 0 Å². The first-order chi connectivity index (χ1) is 4.50. The molecule has 0 amide bonds. The Morgan fingerprint density at radius 1 is 0.818 bits per heavy atom. The Balaban J connectivity index is 4.75. The second-order valence-corrected chi connectivity index (χ2v) is 11.1. The summed E-state index contributed by atoms with van der Waals surface area (Å²) < 4.78 is 0. The molecule has 68 valence electrons. The normalized spacial score (nSPS) is 15.3. The third-order valence-corrected chi connectivity index (χ3v) is 9.35. The lowest BCUT2D eigenvalue weighted by atomic mass is 10.2. The van der Waals surface area contributed by atoms with E-state index in [-0.39, 0.29) is 0 Å². The first kappa shape index (κ1) is 11.2. The summed E-state index contributed by atoms with van der Waals surface area (Å²) >= 11 is 0. The van der Waals surface area contributed by atoms with Crippen molar-refractivity contribution in [3.63, 3.8) is 0 Å². The number of hydrogen-bond acceptors (Lipinski definition) is 1. The van der Waals surface area contributed by atoms with Gasteiger partial charge in [-0.2, -0.15) is 0 Å². The Morgan fingerprint density at radius 2 is 1.00 bits per heavy atom. The van der Waals surface area contributed by atoms with E-state index in [0.29, 0.717) is 10.1 Å². The zero-order valence-electron chi connectivity index (χ0n) is 9.08. The Kier molecular flexibility index (Phi) is 2.64. The molecule has 0 aromatic carbocycles. The van der Waals surface area contributed by atoms with Gasteiger partial charge in [0.15, 0.2) is 0 Å². The average Bonchev–Trinajstić information content (AvgIpc) is 1.58. The van der Waals surface area contributed by atoms with Gasteiger partial charge in [-0.15, -0.1) is 0 Å². The Labute approximate surface area is 72.5 Å². The fourth-order valence-electron chi connectivity index (χ4n) is 1.12. The molecule has 0 heterocycles. The van der Waals surface area contributed by atoms with Crippen LogP contribution in [0.2, 0.25) is 16.6 Å². The standard InChI is InChI=1S/C9H23NSi/c1-8(2,3)11(7,10)9(4,5)6/h10H2,1-7H3. The van der Waals surface area contributed by atoms with Crippen molar-refractivity contribution < 1.29 is 0 Å². The summed E-state index contributed by atoms with van der Waals surface area (Å²) in [5, 5.41) is 7.00. The molecule has 2 heteroatoms. The van der Waals surface area contributed by atoms with Crippen LogP contribution in [-0.4, -0.2) is 8.24 Å². The molecule has 0 aliphatic rings. The summed E-state index contributed by atoms with van der Waals surface area (Å²) in [7, 11) is -1.61. The molecule has 0 unspecified atom stereocenters. The molecule has 0 radical (unpaired) electrons. The minimum Gasteiger partial charge on any atom is -0.350 e. The van der Waals surface area contributed by atoms with E-state index in [4.69, 9.17) is 5.40 Å². The molecule has 2 N–H and O–H groups in total. The predicted octanol–water partition coefficient (Wildman–Crippen LogP) is 3.12. The van der Waals surface area contributed by atoms with Gasteiger partial charge < -0.3 is 5.40 Å². The second kappa shape index (κ2) is 2.59. The van der Waals surface area contributed by atoms with Crippen molar-refractivity contribution in [1.82, 2.24) is 0 Å². The van der Waals surface area contributed by atoms with Crippen molar-refractivity contribution in [2.75, 3.05) is 0 Å². The Morgan fingerprint density at radius 3 is 1.00 bits per heavy atom. The van der Waals surface area contributed by atoms with Crippen LogP contribution in [0.4, 0.5) is 0 Å². The minimum absolute atomic E-state index is 0.297. The summed E-state index contributed by atoms with van der Waals surface area (Å²) in [4.78, 5) is 0. The summed E-state index contributed by atoms with van der Waals surface area (Å²) in [6.07, 6.45) is 0. The lowest BCUT2D eigenvalue weighted by molar-refractivity contribution is 0.614. The first-order valence-electron chi connectivity index (χ1n) is 4.29. The maximum Gasteiger partial charge on any atom is 0.130 e. The van der Waals surface area contributed by atoms with Crippen LogP contribution in [0.5, 0.6) is 0 Å². The highest BCUT2D eigenvalue weighted by molar-refractivity contribution is 6.81. The summed E-state index contributed by atoms with van der Waals surface area (Å²) in [5.41, 5.74) is 0. The summed E-state index contributed by atoms with van der Waals surface area (Å²) in [6.45, 7) is 15.8. The maximum absolute atomic E-state index is 6.41. The van der Waals surface area contributed by atoms with Crippen LogP contribution in [0.15, 0.2) is 0 Å². The van der Waals surface area contributed by atoms with Gasteiger partial charge in [0.25, 0.3) is 0 Å². The van der Waals surface area contributed by atoms with Crippen molar-refractivity contribution in [2.24, 2.45) is 5.40 Å². The quantitative estimate of drug-likeness (QED) is 0.560. The molecule has 0 aliphatic heterocycles. The van der Waals surface area contributed by atoms with Crippen molar-refractivity contribution in [3.05, 3.63) is 0 Å². The van der Waals surface area contributed by atoms with Crippen LogP contribution in [-0.2, 0) is 0 Å². The molecule has 0 saturated carbocycles. The van der Waals surface area contributed by atoms with E-state index < -0.39 is 8.24 Å². The third kappa shape index (κ3) is 2.06. The van der Waals surface area contributed by atoms with Gasteiger partial charge >= 0.3 is 0 Å². The van der Waals surface area contributed by atoms with E-state index in [1.807, 2.05) is 0 Å². The summed E-state index contributed by atoms with van der Waals surface area (Å²) in [6, 6.07) is 0. The molecular formula is C9H23NSi. The van der Waals surface area contributed by atoms with E-state index in [9.17, 15) is 0 Å². The van der Waals surface area contributed by atoms with Gasteiger partial charge in [0.05, 0.1) is 0 Å². The lowest BCUT2D eigenvalue weighted by Crippen LogP contribution is -2.57. The van der Waals surface area contributed by atoms with Gasteiger partial charge in [-0.05, 0) is 10.1 Å². The fourth-order valence-corrected chi connectivity index (χ4v) is 3.38. The van der Waals surface area contributed by atoms with Gasteiger partial charge in [0.1, 0.15) is 8.24 Å². The lowest BCUT2D eigenvalue weighted by Gasteiger charge is -2.46. The molecule has 1 nitrogen and oxygen atoms in total. The van der Waals surface area contributed by atoms with Crippen molar-refractivity contribution in [1.29, 1.82) is 0 Å². The zero-order chi connectivity index (χ0) is 9.50. The Hall–Kier alpha value is 0.177. The first-order valence-corrected chi connectivity index (χ1v) is 6.87. The number of rotatable bonds is 0. The van der Waals surface area contributed by atoms with E-state index in [1.54, 1.807) is 0 Å². The van der Waals surface area contributed by atoms with E-state index >= 15 is 0 Å². The highest BCUT2D eigenvalue weighted by atomic mass is 28.3. The molecule has 0 bridgehead atoms. The molecule has 0 fully saturated rings. The second-order valence-electron chi connectivity index (χ2n) is 5.70. The van der Waals surface area contributed by atoms with Crippen LogP contribution in [0.25, 0.3) is 0 Å². The zero-order valence-corrected chi connectivity index (χ0v) is 10.1. The number of nitrogens with two attached hydrogens (primary N) is 1. The number of hydrogen-bond donors (Lipinski definition) is 1. The summed E-state index contributed by atoms with van der Waals surface area (Å²) in [5.74, 6) is 0. The maximum atomic E-state index is 6.41. The molecule has 0 rings (SSSR count). The molecule has 11 heavy (non-hydrogen) atoms.